The van der Waals surface area contributed by atoms with E-state index in [0.717, 1.165) is 31.6 Å². The summed E-state index contributed by atoms with van der Waals surface area (Å²) in [6.45, 7) is 6.45. The zero-order valence-electron chi connectivity index (χ0n) is 26.3. The van der Waals surface area contributed by atoms with Crippen molar-refractivity contribution in [3.05, 3.63) is 0 Å². The summed E-state index contributed by atoms with van der Waals surface area (Å²) in [7, 11) is 1.85. The summed E-state index contributed by atoms with van der Waals surface area (Å²) in [4.78, 5) is 47.1. The zero-order valence-corrected chi connectivity index (χ0v) is 27.1. The molecular weight excluding hydrogens is 592 g/mol. The predicted molar refractivity (Wildman–Crippen MR) is 169 cm³/mol. The minimum Gasteiger partial charge on any atom is -0.379 e. The highest BCUT2D eigenvalue weighted by molar-refractivity contribution is 8.00. The second kappa shape index (κ2) is 25.1. The number of ether oxygens (including phenoxy) is 4. The lowest BCUT2D eigenvalue weighted by Gasteiger charge is -2.16. The van der Waals surface area contributed by atoms with Crippen LogP contribution in [-0.2, 0) is 33.3 Å². The SMILES string of the molecule is CNCCOCCNC(=O)CCCC(=O)NCCCOCCOCCOCCCNC(=O)CCCC1SC[C@@H]2NC(=O)N[C@H]12. The van der Waals surface area contributed by atoms with Crippen LogP contribution in [0.5, 0.6) is 0 Å². The van der Waals surface area contributed by atoms with E-state index < -0.39 is 0 Å². The number of hydrogen-bond donors (Lipinski definition) is 6. The molecule has 3 atom stereocenters. The molecule has 0 saturated carbocycles. The minimum atomic E-state index is -0.0799. The Morgan fingerprint density at radius 3 is 1.82 bits per heavy atom. The van der Waals surface area contributed by atoms with E-state index in [1.807, 2.05) is 18.8 Å². The molecule has 0 aromatic carbocycles. The molecule has 6 N–H and O–H groups in total. The second-order valence-electron chi connectivity index (χ2n) is 10.7. The fourth-order valence-electron chi connectivity index (χ4n) is 4.67. The van der Waals surface area contributed by atoms with Crippen LogP contribution in [0.2, 0.25) is 0 Å². The van der Waals surface area contributed by atoms with Gasteiger partial charge in [-0.25, -0.2) is 4.79 Å². The summed E-state index contributed by atoms with van der Waals surface area (Å²) >= 11 is 1.87. The molecule has 0 aromatic rings. The van der Waals surface area contributed by atoms with Crippen molar-refractivity contribution >= 4 is 35.5 Å². The first-order chi connectivity index (χ1) is 21.5. The van der Waals surface area contributed by atoms with Gasteiger partial charge in [0.25, 0.3) is 0 Å². The van der Waals surface area contributed by atoms with Gasteiger partial charge in [-0.3, -0.25) is 14.4 Å². The number of fused-ring (bicyclic) bond motifs is 1. The maximum Gasteiger partial charge on any atom is 0.315 e. The van der Waals surface area contributed by atoms with Gasteiger partial charge in [0, 0.05) is 69.7 Å². The maximum atomic E-state index is 12.1. The Hall–Kier alpha value is -2.17. The first kappa shape index (κ1) is 38.0. The van der Waals surface area contributed by atoms with Gasteiger partial charge in [0.05, 0.1) is 51.7 Å². The third-order valence-corrected chi connectivity index (χ3v) is 8.53. The molecule has 0 aliphatic carbocycles. The zero-order chi connectivity index (χ0) is 31.7. The van der Waals surface area contributed by atoms with Gasteiger partial charge in [0.15, 0.2) is 0 Å². The number of nitrogens with one attached hydrogen (secondary N) is 6. The predicted octanol–water partition coefficient (Wildman–Crippen LogP) is -0.0930. The van der Waals surface area contributed by atoms with E-state index in [9.17, 15) is 19.2 Å². The van der Waals surface area contributed by atoms with Crippen LogP contribution in [0.15, 0.2) is 0 Å². The molecule has 0 bridgehead atoms. The van der Waals surface area contributed by atoms with Gasteiger partial charge in [0.2, 0.25) is 17.7 Å². The first-order valence-corrected chi connectivity index (χ1v) is 17.0. The molecule has 254 valence electrons. The number of thioether (sulfide) groups is 1. The normalized spacial score (nSPS) is 18.8. The van der Waals surface area contributed by atoms with Crippen LogP contribution in [0.3, 0.4) is 0 Å². The molecule has 0 aromatic heterocycles. The quantitative estimate of drug-likeness (QED) is 0.0497. The highest BCUT2D eigenvalue weighted by atomic mass is 32.2. The third-order valence-electron chi connectivity index (χ3n) is 7.02. The summed E-state index contributed by atoms with van der Waals surface area (Å²) in [6.07, 6.45) is 4.83. The molecule has 2 aliphatic heterocycles. The second-order valence-corrected chi connectivity index (χ2v) is 11.9. The number of carbonyl (C=O) groups is 4. The van der Waals surface area contributed by atoms with E-state index in [1.165, 1.54) is 0 Å². The van der Waals surface area contributed by atoms with Crippen LogP contribution >= 0.6 is 11.8 Å². The standard InChI is InChI=1S/C29H54N6O8S/c1-30-12-16-42-17-13-33-27(38)9-3-8-26(37)32-11-5-15-41-19-21-43-20-18-40-14-4-10-31-25(36)7-2-6-24-28-23(22-44-24)34-29(39)35-28/h23-24,28,30H,2-22H2,1H3,(H,31,36)(H,32,37)(H,33,38)(H2,34,35,39)/t23-,24?,28-/m0/s1. The lowest BCUT2D eigenvalue weighted by Crippen LogP contribution is -2.37. The molecule has 14 nitrogen and oxygen atoms in total. The van der Waals surface area contributed by atoms with Crippen molar-refractivity contribution in [3.8, 4) is 0 Å². The molecule has 15 heteroatoms. The third kappa shape index (κ3) is 18.6. The summed E-state index contributed by atoms with van der Waals surface area (Å²) in [5.41, 5.74) is 0. The average molecular weight is 647 g/mol. The number of urea groups is 1. The Kier molecular flexibility index (Phi) is 21.7. The number of likely N-dealkylation sites (N-methyl/N-ethyl adjacent to an activating group) is 1. The highest BCUT2D eigenvalue weighted by Crippen LogP contribution is 2.33. The monoisotopic (exact) mass is 646 g/mol. The van der Waals surface area contributed by atoms with Gasteiger partial charge in [-0.15, -0.1) is 0 Å². The van der Waals surface area contributed by atoms with Gasteiger partial charge < -0.3 is 50.8 Å². The minimum absolute atomic E-state index is 0.0545. The number of rotatable bonds is 28. The topological polar surface area (TPSA) is 177 Å². The van der Waals surface area contributed by atoms with Crippen LogP contribution < -0.4 is 31.9 Å². The van der Waals surface area contributed by atoms with Crippen molar-refractivity contribution in [1.82, 2.24) is 31.9 Å². The number of carbonyl (C=O) groups excluding carboxylic acids is 4. The van der Waals surface area contributed by atoms with Crippen molar-refractivity contribution in [2.45, 2.75) is 68.7 Å². The molecule has 2 heterocycles. The molecule has 1 unspecified atom stereocenters. The van der Waals surface area contributed by atoms with Gasteiger partial charge >= 0.3 is 6.03 Å². The fourth-order valence-corrected chi connectivity index (χ4v) is 6.21. The Morgan fingerprint density at radius 1 is 0.682 bits per heavy atom. The fraction of sp³-hybridized carbons (Fsp3) is 0.862. The molecule has 0 spiro atoms. The van der Waals surface area contributed by atoms with Crippen LogP contribution in [0.4, 0.5) is 4.79 Å². The van der Waals surface area contributed by atoms with Crippen molar-refractivity contribution in [1.29, 1.82) is 0 Å². The van der Waals surface area contributed by atoms with Crippen LogP contribution in [0.25, 0.3) is 0 Å². The van der Waals surface area contributed by atoms with Crippen molar-refractivity contribution in [3.63, 3.8) is 0 Å². The first-order valence-electron chi connectivity index (χ1n) is 15.9. The molecule has 44 heavy (non-hydrogen) atoms. The van der Waals surface area contributed by atoms with Gasteiger partial charge in [0.1, 0.15) is 0 Å². The number of amides is 5. The molecule has 2 rings (SSSR count). The lowest BCUT2D eigenvalue weighted by atomic mass is 10.0. The molecular formula is C29H54N6O8S. The smallest absolute Gasteiger partial charge is 0.315 e. The van der Waals surface area contributed by atoms with Gasteiger partial charge in [-0.1, -0.05) is 0 Å². The summed E-state index contributed by atoms with van der Waals surface area (Å²) in [5, 5.41) is 17.8. The molecule has 0 radical (unpaired) electrons. The van der Waals surface area contributed by atoms with E-state index in [4.69, 9.17) is 18.9 Å². The van der Waals surface area contributed by atoms with Crippen LogP contribution in [-0.4, -0.2) is 133 Å². The van der Waals surface area contributed by atoms with E-state index in [2.05, 4.69) is 31.9 Å². The summed E-state index contributed by atoms with van der Waals surface area (Å²) in [6, 6.07) is 0.325. The van der Waals surface area contributed by atoms with Crippen molar-refractivity contribution in [2.24, 2.45) is 0 Å². The summed E-state index contributed by atoms with van der Waals surface area (Å²) < 4.78 is 21.9. The number of hydrogen-bond acceptors (Lipinski definition) is 10. The largest absolute Gasteiger partial charge is 0.379 e. The molecule has 2 fully saturated rings. The Labute approximate surface area is 265 Å². The average Bonchev–Trinajstić information content (AvgIpc) is 3.56. The van der Waals surface area contributed by atoms with Gasteiger partial charge in [-0.2, -0.15) is 11.8 Å². The Bertz CT molecular complexity index is 827. The van der Waals surface area contributed by atoms with Crippen molar-refractivity contribution < 1.29 is 38.1 Å². The Balaban J connectivity index is 1.24. The Morgan fingerprint density at radius 2 is 1.20 bits per heavy atom. The van der Waals surface area contributed by atoms with E-state index >= 15 is 0 Å². The van der Waals surface area contributed by atoms with E-state index in [0.29, 0.717) is 110 Å². The van der Waals surface area contributed by atoms with Gasteiger partial charge in [-0.05, 0) is 39.2 Å². The summed E-state index contributed by atoms with van der Waals surface area (Å²) in [5.74, 6) is 0.853. The van der Waals surface area contributed by atoms with Crippen LogP contribution in [0.1, 0.15) is 51.4 Å². The molecule has 2 aliphatic rings. The lowest BCUT2D eigenvalue weighted by molar-refractivity contribution is -0.123. The van der Waals surface area contributed by atoms with E-state index in [-0.39, 0.29) is 35.8 Å². The van der Waals surface area contributed by atoms with Crippen molar-refractivity contribution in [2.75, 3.05) is 91.8 Å². The maximum absolute atomic E-state index is 12.1. The van der Waals surface area contributed by atoms with E-state index in [1.54, 1.807) is 0 Å². The van der Waals surface area contributed by atoms with Crippen LogP contribution in [0, 0.1) is 0 Å². The molecule has 5 amide bonds. The highest BCUT2D eigenvalue weighted by Gasteiger charge is 2.42. The molecule has 2 saturated heterocycles.